The topological polar surface area (TPSA) is 69.4 Å². The van der Waals surface area contributed by atoms with Gasteiger partial charge in [-0.1, -0.05) is 17.7 Å². The molecule has 0 heterocycles. The number of rotatable bonds is 3. The van der Waals surface area contributed by atoms with Gasteiger partial charge in [0.25, 0.3) is 10.1 Å². The standard InChI is InChI=1S/C13H19NO3S/c1-10-2-8-13(9-3-10)18(15,16)17-12-6-4-11(14)5-7-12/h2-3,8-9,11-12H,4-7,14H2,1H3. The molecule has 5 heteroatoms. The van der Waals surface area contributed by atoms with Gasteiger partial charge in [0.05, 0.1) is 11.0 Å². The van der Waals surface area contributed by atoms with Gasteiger partial charge in [-0.3, -0.25) is 4.18 Å². The van der Waals surface area contributed by atoms with Crippen LogP contribution in [0.5, 0.6) is 0 Å². The van der Waals surface area contributed by atoms with E-state index >= 15 is 0 Å². The number of hydrogen-bond acceptors (Lipinski definition) is 4. The fourth-order valence-electron chi connectivity index (χ4n) is 2.12. The third-order valence-electron chi connectivity index (χ3n) is 3.29. The maximum atomic E-state index is 12.0. The van der Waals surface area contributed by atoms with Gasteiger partial charge >= 0.3 is 0 Å². The van der Waals surface area contributed by atoms with Crippen LogP contribution in [0.25, 0.3) is 0 Å². The van der Waals surface area contributed by atoms with Gasteiger partial charge in [0.1, 0.15) is 0 Å². The summed E-state index contributed by atoms with van der Waals surface area (Å²) in [5.41, 5.74) is 6.81. The molecular weight excluding hydrogens is 250 g/mol. The van der Waals surface area contributed by atoms with Crippen LogP contribution in [0.2, 0.25) is 0 Å². The molecule has 100 valence electrons. The first kappa shape index (κ1) is 13.5. The van der Waals surface area contributed by atoms with Crippen LogP contribution < -0.4 is 5.73 Å². The van der Waals surface area contributed by atoms with E-state index in [-0.39, 0.29) is 17.0 Å². The first-order valence-corrected chi connectivity index (χ1v) is 7.64. The van der Waals surface area contributed by atoms with Gasteiger partial charge in [-0.2, -0.15) is 8.42 Å². The normalized spacial score (nSPS) is 25.0. The van der Waals surface area contributed by atoms with Gasteiger partial charge < -0.3 is 5.73 Å². The van der Waals surface area contributed by atoms with Crippen molar-refractivity contribution < 1.29 is 12.6 Å². The smallest absolute Gasteiger partial charge is 0.297 e. The lowest BCUT2D eigenvalue weighted by atomic mass is 9.94. The van der Waals surface area contributed by atoms with Gasteiger partial charge in [-0.25, -0.2) is 0 Å². The first-order chi connectivity index (χ1) is 8.47. The average molecular weight is 269 g/mol. The van der Waals surface area contributed by atoms with Crippen molar-refractivity contribution in [1.29, 1.82) is 0 Å². The van der Waals surface area contributed by atoms with Crippen LogP contribution in [0.15, 0.2) is 29.2 Å². The molecule has 2 rings (SSSR count). The summed E-state index contributed by atoms with van der Waals surface area (Å²) in [6.45, 7) is 1.92. The molecule has 0 radical (unpaired) electrons. The van der Waals surface area contributed by atoms with Crippen molar-refractivity contribution in [3.8, 4) is 0 Å². The summed E-state index contributed by atoms with van der Waals surface area (Å²) in [5, 5.41) is 0. The van der Waals surface area contributed by atoms with Crippen molar-refractivity contribution in [2.75, 3.05) is 0 Å². The van der Waals surface area contributed by atoms with E-state index in [1.165, 1.54) is 0 Å². The van der Waals surface area contributed by atoms with Crippen LogP contribution in [0, 0.1) is 6.92 Å². The molecule has 1 aromatic rings. The van der Waals surface area contributed by atoms with E-state index < -0.39 is 10.1 Å². The second-order valence-electron chi connectivity index (χ2n) is 4.90. The van der Waals surface area contributed by atoms with Crippen LogP contribution >= 0.6 is 0 Å². The second kappa shape index (κ2) is 5.38. The van der Waals surface area contributed by atoms with Crippen LogP contribution in [-0.2, 0) is 14.3 Å². The van der Waals surface area contributed by atoms with Crippen LogP contribution in [-0.4, -0.2) is 20.6 Å². The molecule has 0 saturated heterocycles. The molecule has 2 N–H and O–H groups in total. The van der Waals surface area contributed by atoms with Crippen molar-refractivity contribution in [2.45, 2.75) is 49.6 Å². The van der Waals surface area contributed by atoms with Crippen molar-refractivity contribution in [3.05, 3.63) is 29.8 Å². The van der Waals surface area contributed by atoms with E-state index in [9.17, 15) is 8.42 Å². The summed E-state index contributed by atoms with van der Waals surface area (Å²) in [5.74, 6) is 0. The van der Waals surface area contributed by atoms with Gasteiger partial charge in [-0.15, -0.1) is 0 Å². The molecule has 1 aromatic carbocycles. The highest BCUT2D eigenvalue weighted by Gasteiger charge is 2.25. The lowest BCUT2D eigenvalue weighted by Crippen LogP contribution is -2.31. The van der Waals surface area contributed by atoms with Crippen LogP contribution in [0.4, 0.5) is 0 Å². The van der Waals surface area contributed by atoms with E-state index in [0.717, 1.165) is 18.4 Å². The minimum Gasteiger partial charge on any atom is -0.328 e. The Morgan fingerprint density at radius 2 is 1.67 bits per heavy atom. The summed E-state index contributed by atoms with van der Waals surface area (Å²) in [6, 6.07) is 6.89. The molecule has 0 spiro atoms. The Labute approximate surface area is 108 Å². The summed E-state index contributed by atoms with van der Waals surface area (Å²) in [7, 11) is -3.63. The highest BCUT2D eigenvalue weighted by atomic mass is 32.2. The molecule has 0 bridgehead atoms. The van der Waals surface area contributed by atoms with Gasteiger partial charge in [0.2, 0.25) is 0 Å². The Morgan fingerprint density at radius 1 is 1.11 bits per heavy atom. The van der Waals surface area contributed by atoms with E-state index in [4.69, 9.17) is 9.92 Å². The van der Waals surface area contributed by atoms with E-state index in [1.54, 1.807) is 24.3 Å². The molecule has 1 saturated carbocycles. The van der Waals surface area contributed by atoms with Crippen molar-refractivity contribution >= 4 is 10.1 Å². The molecular formula is C13H19NO3S. The maximum absolute atomic E-state index is 12.0. The Bertz CT molecular complexity index is 487. The minimum absolute atomic E-state index is 0.187. The molecule has 1 aliphatic carbocycles. The lowest BCUT2D eigenvalue weighted by Gasteiger charge is -2.25. The zero-order valence-corrected chi connectivity index (χ0v) is 11.3. The van der Waals surface area contributed by atoms with E-state index in [2.05, 4.69) is 0 Å². The fraction of sp³-hybridized carbons (Fsp3) is 0.538. The third-order valence-corrected chi connectivity index (χ3v) is 4.67. The lowest BCUT2D eigenvalue weighted by molar-refractivity contribution is 0.154. The molecule has 0 aliphatic heterocycles. The monoisotopic (exact) mass is 269 g/mol. The molecule has 0 unspecified atom stereocenters. The first-order valence-electron chi connectivity index (χ1n) is 6.23. The number of aryl methyl sites for hydroxylation is 1. The molecule has 1 aliphatic rings. The fourth-order valence-corrected chi connectivity index (χ4v) is 3.26. The summed E-state index contributed by atoms with van der Waals surface area (Å²) < 4.78 is 29.3. The van der Waals surface area contributed by atoms with Crippen LogP contribution in [0.1, 0.15) is 31.2 Å². The minimum atomic E-state index is -3.63. The number of nitrogens with two attached hydrogens (primary N) is 1. The van der Waals surface area contributed by atoms with Crippen molar-refractivity contribution in [3.63, 3.8) is 0 Å². The Morgan fingerprint density at radius 3 is 2.22 bits per heavy atom. The van der Waals surface area contributed by atoms with E-state index in [0.29, 0.717) is 12.8 Å². The molecule has 18 heavy (non-hydrogen) atoms. The highest BCUT2D eigenvalue weighted by molar-refractivity contribution is 7.86. The second-order valence-corrected chi connectivity index (χ2v) is 6.47. The summed E-state index contributed by atoms with van der Waals surface area (Å²) in [6.07, 6.45) is 2.86. The Kier molecular flexibility index (Phi) is 4.04. The zero-order valence-electron chi connectivity index (χ0n) is 10.5. The Hall–Kier alpha value is -0.910. The van der Waals surface area contributed by atoms with Gasteiger partial charge in [0, 0.05) is 6.04 Å². The van der Waals surface area contributed by atoms with E-state index in [1.807, 2.05) is 6.92 Å². The van der Waals surface area contributed by atoms with Gasteiger partial charge in [-0.05, 0) is 44.7 Å². The summed E-state index contributed by atoms with van der Waals surface area (Å²) >= 11 is 0. The predicted molar refractivity (Wildman–Crippen MR) is 69.7 cm³/mol. The largest absolute Gasteiger partial charge is 0.328 e. The van der Waals surface area contributed by atoms with Crippen molar-refractivity contribution in [1.82, 2.24) is 0 Å². The molecule has 1 fully saturated rings. The Balaban J connectivity index is 2.05. The highest BCUT2D eigenvalue weighted by Crippen LogP contribution is 2.24. The molecule has 0 atom stereocenters. The van der Waals surface area contributed by atoms with Gasteiger partial charge in [0.15, 0.2) is 0 Å². The predicted octanol–water partition coefficient (Wildman–Crippen LogP) is 1.97. The molecule has 0 amide bonds. The number of hydrogen-bond donors (Lipinski definition) is 1. The SMILES string of the molecule is Cc1ccc(S(=O)(=O)OC2CCC(N)CC2)cc1. The molecule has 4 nitrogen and oxygen atoms in total. The number of benzene rings is 1. The average Bonchev–Trinajstić information content (AvgIpc) is 2.32. The maximum Gasteiger partial charge on any atom is 0.297 e. The summed E-state index contributed by atoms with van der Waals surface area (Å²) in [4.78, 5) is 0.225. The van der Waals surface area contributed by atoms with Crippen LogP contribution in [0.3, 0.4) is 0 Å². The zero-order chi connectivity index (χ0) is 13.2. The quantitative estimate of drug-likeness (QED) is 0.852. The van der Waals surface area contributed by atoms with Crippen molar-refractivity contribution in [2.24, 2.45) is 5.73 Å². The third kappa shape index (κ3) is 3.31. The molecule has 0 aromatic heterocycles.